The Morgan fingerprint density at radius 2 is 1.88 bits per heavy atom. The standard InChI is InChI=1S/C27H40N6O/c1-7-11-24(25-29-30-31-33(25)27(4,5)6)32(21-12-9-8-10-13-21)17-20-16-22-19(3)14-18(2)15-23(22)28-26(20)34/h14-16,21,24H,7-13,17H2,1-6H3,(H,28,34). The zero-order valence-corrected chi connectivity index (χ0v) is 21.7. The second-order valence-corrected chi connectivity index (χ2v) is 11.1. The van der Waals surface area contributed by atoms with Crippen molar-refractivity contribution in [1.29, 1.82) is 0 Å². The summed E-state index contributed by atoms with van der Waals surface area (Å²) in [5, 5.41) is 14.1. The molecule has 1 saturated carbocycles. The van der Waals surface area contributed by atoms with Crippen LogP contribution in [0.2, 0.25) is 0 Å². The molecule has 1 aliphatic rings. The first-order valence-electron chi connectivity index (χ1n) is 12.9. The molecule has 0 radical (unpaired) electrons. The van der Waals surface area contributed by atoms with Crippen LogP contribution >= 0.6 is 0 Å². The zero-order valence-electron chi connectivity index (χ0n) is 21.7. The SMILES string of the molecule is CCCC(c1nnnn1C(C)(C)C)N(Cc1cc2c(C)cc(C)cc2[nH]c1=O)C1CCCCC1. The van der Waals surface area contributed by atoms with Gasteiger partial charge >= 0.3 is 0 Å². The molecule has 1 aromatic carbocycles. The van der Waals surface area contributed by atoms with Gasteiger partial charge in [0.05, 0.1) is 11.6 Å². The first-order chi connectivity index (χ1) is 16.2. The lowest BCUT2D eigenvalue weighted by Gasteiger charge is -2.40. The molecule has 0 bridgehead atoms. The summed E-state index contributed by atoms with van der Waals surface area (Å²) >= 11 is 0. The number of H-pyrrole nitrogens is 1. The van der Waals surface area contributed by atoms with Crippen molar-refractivity contribution in [2.75, 3.05) is 0 Å². The first kappa shape index (κ1) is 24.6. The molecule has 3 aromatic rings. The van der Waals surface area contributed by atoms with Crippen molar-refractivity contribution in [3.63, 3.8) is 0 Å². The van der Waals surface area contributed by atoms with Crippen LogP contribution in [0.5, 0.6) is 0 Å². The average Bonchev–Trinajstić information content (AvgIpc) is 3.27. The Balaban J connectivity index is 1.79. The minimum Gasteiger partial charge on any atom is -0.322 e. The molecule has 1 unspecified atom stereocenters. The van der Waals surface area contributed by atoms with Gasteiger partial charge in [0.2, 0.25) is 0 Å². The van der Waals surface area contributed by atoms with E-state index >= 15 is 0 Å². The highest BCUT2D eigenvalue weighted by Crippen LogP contribution is 2.35. The van der Waals surface area contributed by atoms with Gasteiger partial charge in [0.25, 0.3) is 5.56 Å². The molecule has 184 valence electrons. The van der Waals surface area contributed by atoms with Crippen molar-refractivity contribution in [3.8, 4) is 0 Å². The fourth-order valence-electron chi connectivity index (χ4n) is 5.53. The fourth-order valence-corrected chi connectivity index (χ4v) is 5.53. The number of pyridine rings is 1. The van der Waals surface area contributed by atoms with Gasteiger partial charge < -0.3 is 4.98 Å². The number of rotatable bonds is 7. The van der Waals surface area contributed by atoms with Gasteiger partial charge in [0.1, 0.15) is 0 Å². The second-order valence-electron chi connectivity index (χ2n) is 11.1. The Labute approximate surface area is 202 Å². The first-order valence-corrected chi connectivity index (χ1v) is 12.9. The molecule has 1 aliphatic carbocycles. The molecule has 4 rings (SSSR count). The predicted molar refractivity (Wildman–Crippen MR) is 137 cm³/mol. The molecule has 34 heavy (non-hydrogen) atoms. The van der Waals surface area contributed by atoms with Gasteiger partial charge in [-0.3, -0.25) is 9.69 Å². The van der Waals surface area contributed by atoms with E-state index in [1.54, 1.807) is 0 Å². The van der Waals surface area contributed by atoms with E-state index in [4.69, 9.17) is 0 Å². The minimum atomic E-state index is -0.210. The summed E-state index contributed by atoms with van der Waals surface area (Å²) in [6, 6.07) is 6.83. The average molecular weight is 465 g/mol. The number of aryl methyl sites for hydroxylation is 2. The van der Waals surface area contributed by atoms with E-state index in [2.05, 4.69) is 85.2 Å². The molecule has 0 aliphatic heterocycles. The number of nitrogens with one attached hydrogen (secondary N) is 1. The summed E-state index contributed by atoms with van der Waals surface area (Å²) in [4.78, 5) is 18.9. The summed E-state index contributed by atoms with van der Waals surface area (Å²) in [5.74, 6) is 0.906. The highest BCUT2D eigenvalue weighted by atomic mass is 16.1. The number of hydrogen-bond donors (Lipinski definition) is 1. The maximum Gasteiger partial charge on any atom is 0.252 e. The molecular formula is C27H40N6O. The number of hydrogen-bond acceptors (Lipinski definition) is 5. The predicted octanol–water partition coefficient (Wildman–Crippen LogP) is 5.56. The maximum atomic E-state index is 13.2. The van der Waals surface area contributed by atoms with Crippen LogP contribution in [-0.4, -0.2) is 36.1 Å². The van der Waals surface area contributed by atoms with Crippen LogP contribution in [0.1, 0.15) is 101 Å². The third-order valence-corrected chi connectivity index (χ3v) is 7.18. The molecular weight excluding hydrogens is 424 g/mol. The van der Waals surface area contributed by atoms with E-state index in [9.17, 15) is 4.79 Å². The van der Waals surface area contributed by atoms with Gasteiger partial charge in [-0.1, -0.05) is 38.7 Å². The molecule has 1 fully saturated rings. The number of fused-ring (bicyclic) bond motifs is 1. The van der Waals surface area contributed by atoms with Gasteiger partial charge in [0.15, 0.2) is 5.82 Å². The largest absolute Gasteiger partial charge is 0.322 e. The van der Waals surface area contributed by atoms with E-state index in [1.165, 1.54) is 24.8 Å². The van der Waals surface area contributed by atoms with Gasteiger partial charge in [-0.25, -0.2) is 4.68 Å². The summed E-state index contributed by atoms with van der Waals surface area (Å²) in [5.41, 5.74) is 3.88. The fraction of sp³-hybridized carbons (Fsp3) is 0.630. The highest BCUT2D eigenvalue weighted by Gasteiger charge is 2.34. The second kappa shape index (κ2) is 9.98. The molecule has 7 heteroatoms. The molecule has 0 spiro atoms. The maximum absolute atomic E-state index is 13.2. The lowest BCUT2D eigenvalue weighted by molar-refractivity contribution is 0.0779. The molecule has 7 nitrogen and oxygen atoms in total. The molecule has 0 amide bonds. The third-order valence-electron chi connectivity index (χ3n) is 7.18. The summed E-state index contributed by atoms with van der Waals surface area (Å²) in [7, 11) is 0. The van der Waals surface area contributed by atoms with Crippen molar-refractivity contribution in [1.82, 2.24) is 30.1 Å². The van der Waals surface area contributed by atoms with Crippen LogP contribution in [0.15, 0.2) is 23.0 Å². The number of benzene rings is 1. The van der Waals surface area contributed by atoms with Crippen LogP contribution in [0.3, 0.4) is 0 Å². The van der Waals surface area contributed by atoms with E-state index in [0.717, 1.165) is 53.5 Å². The van der Waals surface area contributed by atoms with Crippen LogP contribution < -0.4 is 5.56 Å². The topological polar surface area (TPSA) is 79.7 Å². The summed E-state index contributed by atoms with van der Waals surface area (Å²) in [6.07, 6.45) is 8.04. The Hall–Kier alpha value is -2.54. The van der Waals surface area contributed by atoms with Gasteiger partial charge in [-0.2, -0.15) is 0 Å². The number of aromatic nitrogens is 5. The van der Waals surface area contributed by atoms with Gasteiger partial charge in [-0.15, -0.1) is 5.10 Å². The zero-order chi connectivity index (χ0) is 24.5. The monoisotopic (exact) mass is 464 g/mol. The Kier molecular flexibility index (Phi) is 7.22. The number of aromatic amines is 1. The number of tetrazole rings is 1. The van der Waals surface area contributed by atoms with Crippen molar-refractivity contribution in [2.24, 2.45) is 0 Å². The normalized spacial score (nSPS) is 16.4. The van der Waals surface area contributed by atoms with Crippen LogP contribution in [0.25, 0.3) is 10.9 Å². The minimum absolute atomic E-state index is 0.00368. The quantitative estimate of drug-likeness (QED) is 0.495. The van der Waals surface area contributed by atoms with E-state index in [0.29, 0.717) is 12.6 Å². The summed E-state index contributed by atoms with van der Waals surface area (Å²) < 4.78 is 1.97. The molecule has 1 atom stereocenters. The Morgan fingerprint density at radius 3 is 2.56 bits per heavy atom. The Bertz CT molecular complexity index is 1180. The molecule has 1 N–H and O–H groups in total. The lowest BCUT2D eigenvalue weighted by Crippen LogP contribution is -2.42. The van der Waals surface area contributed by atoms with Crippen molar-refractivity contribution in [2.45, 2.75) is 111 Å². The smallest absolute Gasteiger partial charge is 0.252 e. The third kappa shape index (κ3) is 5.09. The van der Waals surface area contributed by atoms with E-state index in [-0.39, 0.29) is 17.1 Å². The van der Waals surface area contributed by atoms with Gasteiger partial charge in [-0.05, 0) is 87.6 Å². The van der Waals surface area contributed by atoms with Crippen molar-refractivity contribution < 1.29 is 0 Å². The van der Waals surface area contributed by atoms with Crippen LogP contribution in [0, 0.1) is 13.8 Å². The van der Waals surface area contributed by atoms with E-state index in [1.807, 2.05) is 4.68 Å². The number of nitrogens with zero attached hydrogens (tertiary/aromatic N) is 5. The highest BCUT2D eigenvalue weighted by molar-refractivity contribution is 5.83. The Morgan fingerprint density at radius 1 is 1.15 bits per heavy atom. The molecule has 0 saturated heterocycles. The molecule has 2 aromatic heterocycles. The lowest BCUT2D eigenvalue weighted by atomic mass is 9.91. The van der Waals surface area contributed by atoms with Gasteiger partial charge in [0, 0.05) is 29.1 Å². The van der Waals surface area contributed by atoms with Crippen LogP contribution in [-0.2, 0) is 12.1 Å². The van der Waals surface area contributed by atoms with Crippen molar-refractivity contribution in [3.05, 3.63) is 51.1 Å². The summed E-state index contributed by atoms with van der Waals surface area (Å²) in [6.45, 7) is 13.4. The molecule has 2 heterocycles. The van der Waals surface area contributed by atoms with E-state index < -0.39 is 0 Å². The van der Waals surface area contributed by atoms with Crippen molar-refractivity contribution >= 4 is 10.9 Å². The van der Waals surface area contributed by atoms with Crippen LogP contribution in [0.4, 0.5) is 0 Å².